The van der Waals surface area contributed by atoms with E-state index in [1.165, 1.54) is 0 Å². The average molecular weight is 143 g/mol. The van der Waals surface area contributed by atoms with E-state index >= 15 is 0 Å². The van der Waals surface area contributed by atoms with Gasteiger partial charge in [0.25, 0.3) is 0 Å². The largest absolute Gasteiger partial charge is 0.350 e. The molecule has 1 saturated heterocycles. The fourth-order valence-electron chi connectivity index (χ4n) is 1.10. The molecule has 0 aromatic rings. The monoisotopic (exact) mass is 143 g/mol. The summed E-state index contributed by atoms with van der Waals surface area (Å²) < 4.78 is 5.45. The fraction of sp³-hybridized carbons (Fsp3) is 1.00. The standard InChI is InChI=1S/C8H17NO/c1-6(2)9(5)7-8(3,4)10-7/h6-7H,1-5H3. The molecule has 1 fully saturated rings. The maximum atomic E-state index is 5.45. The first-order chi connectivity index (χ1) is 4.45. The molecule has 2 nitrogen and oxygen atoms in total. The van der Waals surface area contributed by atoms with Gasteiger partial charge < -0.3 is 4.74 Å². The van der Waals surface area contributed by atoms with E-state index in [1.807, 2.05) is 0 Å². The van der Waals surface area contributed by atoms with E-state index in [4.69, 9.17) is 4.74 Å². The Balaban J connectivity index is 2.40. The van der Waals surface area contributed by atoms with Gasteiger partial charge in [-0.1, -0.05) is 0 Å². The number of rotatable bonds is 2. The van der Waals surface area contributed by atoms with Gasteiger partial charge in [-0.2, -0.15) is 0 Å². The predicted molar refractivity (Wildman–Crippen MR) is 41.9 cm³/mol. The number of epoxide rings is 1. The van der Waals surface area contributed by atoms with Crippen molar-refractivity contribution in [2.45, 2.75) is 45.6 Å². The maximum absolute atomic E-state index is 5.45. The Morgan fingerprint density at radius 3 is 1.90 bits per heavy atom. The molecule has 60 valence electrons. The van der Waals surface area contributed by atoms with Crippen LogP contribution in [-0.2, 0) is 4.74 Å². The first kappa shape index (κ1) is 8.02. The van der Waals surface area contributed by atoms with Crippen molar-refractivity contribution < 1.29 is 4.74 Å². The van der Waals surface area contributed by atoms with Gasteiger partial charge in [0.1, 0.15) is 11.8 Å². The van der Waals surface area contributed by atoms with Crippen LogP contribution in [0.1, 0.15) is 27.7 Å². The van der Waals surface area contributed by atoms with E-state index in [0.717, 1.165) is 0 Å². The Morgan fingerprint density at radius 1 is 1.40 bits per heavy atom. The molecule has 0 saturated carbocycles. The molecule has 0 aromatic heterocycles. The van der Waals surface area contributed by atoms with Crippen molar-refractivity contribution in [2.24, 2.45) is 0 Å². The molecule has 0 aromatic carbocycles. The van der Waals surface area contributed by atoms with Crippen LogP contribution in [0.25, 0.3) is 0 Å². The first-order valence-corrected chi connectivity index (χ1v) is 3.85. The number of likely N-dealkylation sites (N-methyl/N-ethyl adjacent to an activating group) is 1. The summed E-state index contributed by atoms with van der Waals surface area (Å²) in [6, 6.07) is 0.576. The Bertz CT molecular complexity index is 131. The topological polar surface area (TPSA) is 15.8 Å². The molecule has 1 atom stereocenters. The predicted octanol–water partition coefficient (Wildman–Crippen LogP) is 1.46. The van der Waals surface area contributed by atoms with Crippen LogP contribution in [-0.4, -0.2) is 29.8 Å². The summed E-state index contributed by atoms with van der Waals surface area (Å²) in [7, 11) is 2.10. The molecule has 1 aliphatic rings. The molecule has 1 heterocycles. The van der Waals surface area contributed by atoms with Crippen molar-refractivity contribution in [2.75, 3.05) is 7.05 Å². The van der Waals surface area contributed by atoms with E-state index in [1.54, 1.807) is 0 Å². The van der Waals surface area contributed by atoms with E-state index in [0.29, 0.717) is 12.3 Å². The normalized spacial score (nSPS) is 29.7. The van der Waals surface area contributed by atoms with Gasteiger partial charge in [-0.15, -0.1) is 0 Å². The van der Waals surface area contributed by atoms with Gasteiger partial charge in [0.2, 0.25) is 0 Å². The smallest absolute Gasteiger partial charge is 0.140 e. The van der Waals surface area contributed by atoms with Crippen molar-refractivity contribution in [3.63, 3.8) is 0 Å². The summed E-state index contributed by atoms with van der Waals surface area (Å²) in [5.41, 5.74) is 0.0962. The van der Waals surface area contributed by atoms with E-state index < -0.39 is 0 Å². The lowest BCUT2D eigenvalue weighted by molar-refractivity contribution is 0.173. The summed E-state index contributed by atoms with van der Waals surface area (Å²) in [6.45, 7) is 8.60. The maximum Gasteiger partial charge on any atom is 0.140 e. The molecule has 0 spiro atoms. The summed E-state index contributed by atoms with van der Waals surface area (Å²) in [5, 5.41) is 0. The van der Waals surface area contributed by atoms with Crippen molar-refractivity contribution in [3.05, 3.63) is 0 Å². The zero-order valence-electron chi connectivity index (χ0n) is 7.51. The molecule has 1 rings (SSSR count). The van der Waals surface area contributed by atoms with Crippen molar-refractivity contribution >= 4 is 0 Å². The second-order valence-electron chi connectivity index (χ2n) is 3.83. The highest BCUT2D eigenvalue weighted by molar-refractivity contribution is 4.94. The van der Waals surface area contributed by atoms with Gasteiger partial charge in [-0.25, -0.2) is 0 Å². The van der Waals surface area contributed by atoms with Gasteiger partial charge in [-0.05, 0) is 34.7 Å². The molecular formula is C8H17NO. The molecule has 0 radical (unpaired) electrons. The minimum Gasteiger partial charge on any atom is -0.350 e. The highest BCUT2D eigenvalue weighted by Gasteiger charge is 2.50. The molecular weight excluding hydrogens is 126 g/mol. The van der Waals surface area contributed by atoms with Crippen molar-refractivity contribution in [3.8, 4) is 0 Å². The molecule has 1 aliphatic heterocycles. The second-order valence-corrected chi connectivity index (χ2v) is 3.83. The fourth-order valence-corrected chi connectivity index (χ4v) is 1.10. The Kier molecular flexibility index (Phi) is 1.77. The van der Waals surface area contributed by atoms with Gasteiger partial charge in [0, 0.05) is 6.04 Å². The number of ether oxygens (including phenoxy) is 1. The van der Waals surface area contributed by atoms with E-state index in [-0.39, 0.29) is 5.60 Å². The summed E-state index contributed by atoms with van der Waals surface area (Å²) in [6.07, 6.45) is 0.340. The van der Waals surface area contributed by atoms with Crippen LogP contribution in [0.5, 0.6) is 0 Å². The Labute approximate surface area is 63.2 Å². The number of hydrogen-bond acceptors (Lipinski definition) is 2. The van der Waals surface area contributed by atoms with Gasteiger partial charge in [-0.3, -0.25) is 4.90 Å². The second kappa shape index (κ2) is 2.21. The van der Waals surface area contributed by atoms with Crippen LogP contribution >= 0.6 is 0 Å². The minimum absolute atomic E-state index is 0.0962. The lowest BCUT2D eigenvalue weighted by Gasteiger charge is -2.19. The quantitative estimate of drug-likeness (QED) is 0.544. The lowest BCUT2D eigenvalue weighted by atomic mass is 10.2. The third kappa shape index (κ3) is 1.32. The highest BCUT2D eigenvalue weighted by Crippen LogP contribution is 2.37. The minimum atomic E-state index is 0.0962. The van der Waals surface area contributed by atoms with E-state index in [9.17, 15) is 0 Å². The summed E-state index contributed by atoms with van der Waals surface area (Å²) >= 11 is 0. The third-order valence-electron chi connectivity index (χ3n) is 2.14. The van der Waals surface area contributed by atoms with Crippen molar-refractivity contribution in [1.29, 1.82) is 0 Å². The average Bonchev–Trinajstić information content (AvgIpc) is 2.38. The van der Waals surface area contributed by atoms with Gasteiger partial charge >= 0.3 is 0 Å². The Morgan fingerprint density at radius 2 is 1.80 bits per heavy atom. The van der Waals surface area contributed by atoms with Crippen LogP contribution in [0.2, 0.25) is 0 Å². The number of hydrogen-bond donors (Lipinski definition) is 0. The molecule has 1 unspecified atom stereocenters. The SMILES string of the molecule is CC(C)N(C)C1OC1(C)C. The summed E-state index contributed by atoms with van der Waals surface area (Å²) in [5.74, 6) is 0. The van der Waals surface area contributed by atoms with Crippen LogP contribution < -0.4 is 0 Å². The Hall–Kier alpha value is -0.0800. The molecule has 0 bridgehead atoms. The number of nitrogens with zero attached hydrogens (tertiary/aromatic N) is 1. The first-order valence-electron chi connectivity index (χ1n) is 3.85. The van der Waals surface area contributed by atoms with Crippen LogP contribution in [0, 0.1) is 0 Å². The zero-order chi connectivity index (χ0) is 7.94. The zero-order valence-corrected chi connectivity index (χ0v) is 7.51. The molecule has 10 heavy (non-hydrogen) atoms. The molecule has 0 N–H and O–H groups in total. The third-order valence-corrected chi connectivity index (χ3v) is 2.14. The van der Waals surface area contributed by atoms with Crippen molar-refractivity contribution in [1.82, 2.24) is 4.90 Å². The molecule has 2 heteroatoms. The van der Waals surface area contributed by atoms with Crippen LogP contribution in [0.15, 0.2) is 0 Å². The van der Waals surface area contributed by atoms with Crippen LogP contribution in [0.3, 0.4) is 0 Å². The van der Waals surface area contributed by atoms with Gasteiger partial charge in [0.15, 0.2) is 0 Å². The lowest BCUT2D eigenvalue weighted by Crippen LogP contribution is -2.32. The van der Waals surface area contributed by atoms with E-state index in [2.05, 4.69) is 39.6 Å². The molecule has 0 aliphatic carbocycles. The highest BCUT2D eigenvalue weighted by atomic mass is 16.6. The summed E-state index contributed by atoms with van der Waals surface area (Å²) in [4.78, 5) is 2.25. The van der Waals surface area contributed by atoms with Gasteiger partial charge in [0.05, 0.1) is 0 Å². The van der Waals surface area contributed by atoms with Crippen LogP contribution in [0.4, 0.5) is 0 Å². The molecule has 0 amide bonds.